The highest BCUT2D eigenvalue weighted by Crippen LogP contribution is 2.31. The third-order valence-electron chi connectivity index (χ3n) is 5.94. The SMILES string of the molecule is CCN(CC)C(=O)[C@H]1CCCN(C(=O)c2cc(-c3ccc(C)s3)cc(-n3cnnn3)c2)C1. The number of benzene rings is 1. The first-order valence-corrected chi connectivity index (χ1v) is 11.8. The zero-order chi connectivity index (χ0) is 22.7. The number of amides is 2. The fraction of sp³-hybridized carbons (Fsp3) is 0.435. The molecule has 1 aliphatic heterocycles. The zero-order valence-electron chi connectivity index (χ0n) is 18.7. The van der Waals surface area contributed by atoms with E-state index in [0.29, 0.717) is 31.7 Å². The molecule has 3 heterocycles. The monoisotopic (exact) mass is 452 g/mol. The Kier molecular flexibility index (Phi) is 6.64. The summed E-state index contributed by atoms with van der Waals surface area (Å²) in [4.78, 5) is 32.4. The van der Waals surface area contributed by atoms with E-state index in [9.17, 15) is 9.59 Å². The van der Waals surface area contributed by atoms with Gasteiger partial charge in [0.25, 0.3) is 5.91 Å². The summed E-state index contributed by atoms with van der Waals surface area (Å²) in [6.07, 6.45) is 3.17. The number of nitrogens with zero attached hydrogens (tertiary/aromatic N) is 6. The first-order valence-electron chi connectivity index (χ1n) is 11.0. The van der Waals surface area contributed by atoms with Crippen molar-refractivity contribution in [1.82, 2.24) is 30.0 Å². The smallest absolute Gasteiger partial charge is 0.253 e. The zero-order valence-corrected chi connectivity index (χ0v) is 19.5. The van der Waals surface area contributed by atoms with Crippen molar-refractivity contribution < 1.29 is 9.59 Å². The molecule has 32 heavy (non-hydrogen) atoms. The van der Waals surface area contributed by atoms with Crippen molar-refractivity contribution in [3.63, 3.8) is 0 Å². The quantitative estimate of drug-likeness (QED) is 0.572. The number of piperidine rings is 1. The van der Waals surface area contributed by atoms with E-state index >= 15 is 0 Å². The largest absolute Gasteiger partial charge is 0.343 e. The molecule has 4 rings (SSSR count). The molecule has 8 nitrogen and oxygen atoms in total. The van der Waals surface area contributed by atoms with Crippen LogP contribution in [0.4, 0.5) is 0 Å². The minimum atomic E-state index is -0.144. The second kappa shape index (κ2) is 9.60. The normalized spacial score (nSPS) is 16.2. The Balaban J connectivity index is 1.64. The molecular weight excluding hydrogens is 424 g/mol. The van der Waals surface area contributed by atoms with Crippen molar-refractivity contribution in [1.29, 1.82) is 0 Å². The Hall–Kier alpha value is -3.07. The van der Waals surface area contributed by atoms with E-state index in [1.165, 1.54) is 11.2 Å². The fourth-order valence-corrected chi connectivity index (χ4v) is 5.07. The van der Waals surface area contributed by atoms with Crippen molar-refractivity contribution in [2.24, 2.45) is 5.92 Å². The van der Waals surface area contributed by atoms with E-state index in [1.54, 1.807) is 16.0 Å². The maximum Gasteiger partial charge on any atom is 0.253 e. The maximum atomic E-state index is 13.5. The minimum absolute atomic E-state index is 0.0634. The van der Waals surface area contributed by atoms with Gasteiger partial charge in [-0.1, -0.05) is 0 Å². The Morgan fingerprint density at radius 3 is 2.66 bits per heavy atom. The van der Waals surface area contributed by atoms with Crippen LogP contribution in [0.2, 0.25) is 0 Å². The molecule has 2 aromatic heterocycles. The lowest BCUT2D eigenvalue weighted by Gasteiger charge is -2.34. The third-order valence-corrected chi connectivity index (χ3v) is 6.99. The molecule has 0 radical (unpaired) electrons. The summed E-state index contributed by atoms with van der Waals surface area (Å²) in [6, 6.07) is 9.86. The van der Waals surface area contributed by atoms with Gasteiger partial charge in [-0.3, -0.25) is 9.59 Å². The number of rotatable bonds is 6. The lowest BCUT2D eigenvalue weighted by molar-refractivity contribution is -0.136. The second-order valence-electron chi connectivity index (χ2n) is 8.03. The molecule has 1 fully saturated rings. The average molecular weight is 453 g/mol. The summed E-state index contributed by atoms with van der Waals surface area (Å²) in [7, 11) is 0. The van der Waals surface area contributed by atoms with Crippen LogP contribution in [0.15, 0.2) is 36.7 Å². The molecule has 0 saturated carbocycles. The highest BCUT2D eigenvalue weighted by Gasteiger charge is 2.31. The van der Waals surface area contributed by atoms with Crippen LogP contribution in [0.5, 0.6) is 0 Å². The highest BCUT2D eigenvalue weighted by atomic mass is 32.1. The number of carbonyl (C=O) groups excluding carboxylic acids is 2. The summed E-state index contributed by atoms with van der Waals surface area (Å²) in [5, 5.41) is 11.5. The summed E-state index contributed by atoms with van der Waals surface area (Å²) in [5.74, 6) is -0.0640. The summed E-state index contributed by atoms with van der Waals surface area (Å²) < 4.78 is 1.56. The van der Waals surface area contributed by atoms with Gasteiger partial charge < -0.3 is 9.80 Å². The van der Waals surface area contributed by atoms with Gasteiger partial charge in [0, 0.05) is 41.5 Å². The summed E-state index contributed by atoms with van der Waals surface area (Å²) >= 11 is 1.68. The van der Waals surface area contributed by atoms with Crippen LogP contribution in [-0.4, -0.2) is 68.0 Å². The average Bonchev–Trinajstić information content (AvgIpc) is 3.51. The molecule has 1 saturated heterocycles. The molecule has 168 valence electrons. The number of hydrogen-bond donors (Lipinski definition) is 0. The van der Waals surface area contributed by atoms with Crippen LogP contribution < -0.4 is 0 Å². The number of carbonyl (C=O) groups is 2. The molecule has 0 spiro atoms. The van der Waals surface area contributed by atoms with Gasteiger partial charge in [0.1, 0.15) is 6.33 Å². The lowest BCUT2D eigenvalue weighted by atomic mass is 9.95. The van der Waals surface area contributed by atoms with E-state index in [2.05, 4.69) is 34.6 Å². The molecule has 0 unspecified atom stereocenters. The van der Waals surface area contributed by atoms with Gasteiger partial charge in [-0.15, -0.1) is 16.4 Å². The summed E-state index contributed by atoms with van der Waals surface area (Å²) in [6.45, 7) is 8.54. The topological polar surface area (TPSA) is 84.2 Å². The number of aryl methyl sites for hydroxylation is 1. The van der Waals surface area contributed by atoms with E-state index < -0.39 is 0 Å². The van der Waals surface area contributed by atoms with Crippen LogP contribution in [0, 0.1) is 12.8 Å². The molecule has 1 aliphatic rings. The third kappa shape index (κ3) is 4.57. The summed E-state index contributed by atoms with van der Waals surface area (Å²) in [5.41, 5.74) is 2.26. The standard InChI is InChI=1S/C23H28N6O2S/c1-4-27(5-2)22(30)17-7-6-10-28(14-17)23(31)19-11-18(21-9-8-16(3)32-21)12-20(13-19)29-15-24-25-26-29/h8-9,11-13,15,17H,4-7,10,14H2,1-3H3/t17-/m0/s1. The molecule has 0 aliphatic carbocycles. The number of likely N-dealkylation sites (tertiary alicyclic amines) is 1. The molecule has 3 aromatic rings. The van der Waals surface area contributed by atoms with Crippen molar-refractivity contribution in [2.45, 2.75) is 33.6 Å². The number of tetrazole rings is 1. The number of thiophene rings is 1. The predicted octanol–water partition coefficient (Wildman–Crippen LogP) is 3.42. The van der Waals surface area contributed by atoms with Crippen LogP contribution in [-0.2, 0) is 4.79 Å². The van der Waals surface area contributed by atoms with Gasteiger partial charge in [-0.25, -0.2) is 4.68 Å². The molecular formula is C23H28N6O2S. The maximum absolute atomic E-state index is 13.5. The highest BCUT2D eigenvalue weighted by molar-refractivity contribution is 7.15. The predicted molar refractivity (Wildman–Crippen MR) is 124 cm³/mol. The second-order valence-corrected chi connectivity index (χ2v) is 9.32. The van der Waals surface area contributed by atoms with Gasteiger partial charge in [0.05, 0.1) is 11.6 Å². The van der Waals surface area contributed by atoms with E-state index in [-0.39, 0.29) is 17.7 Å². The van der Waals surface area contributed by atoms with Crippen molar-refractivity contribution in [2.75, 3.05) is 26.2 Å². The number of hydrogen-bond acceptors (Lipinski definition) is 6. The Labute approximate surface area is 191 Å². The first-order chi connectivity index (χ1) is 15.5. The number of aromatic nitrogens is 4. The van der Waals surface area contributed by atoms with Gasteiger partial charge in [0.15, 0.2) is 0 Å². The van der Waals surface area contributed by atoms with E-state index in [1.807, 2.05) is 41.8 Å². The molecule has 1 atom stereocenters. The van der Waals surface area contributed by atoms with Crippen LogP contribution in [0.3, 0.4) is 0 Å². The van der Waals surface area contributed by atoms with Crippen molar-refractivity contribution in [3.05, 3.63) is 47.1 Å². The van der Waals surface area contributed by atoms with Crippen LogP contribution >= 0.6 is 11.3 Å². The fourth-order valence-electron chi connectivity index (χ4n) is 4.22. The Morgan fingerprint density at radius 2 is 2.00 bits per heavy atom. The molecule has 1 aromatic carbocycles. The van der Waals surface area contributed by atoms with Gasteiger partial charge >= 0.3 is 0 Å². The van der Waals surface area contributed by atoms with E-state index in [0.717, 1.165) is 29.0 Å². The van der Waals surface area contributed by atoms with Crippen LogP contribution in [0.1, 0.15) is 41.9 Å². The molecule has 2 amide bonds. The van der Waals surface area contributed by atoms with Crippen molar-refractivity contribution >= 4 is 23.2 Å². The Bertz CT molecular complexity index is 1090. The molecule has 9 heteroatoms. The van der Waals surface area contributed by atoms with Crippen molar-refractivity contribution in [3.8, 4) is 16.1 Å². The van der Waals surface area contributed by atoms with Gasteiger partial charge in [-0.2, -0.15) is 0 Å². The van der Waals surface area contributed by atoms with Gasteiger partial charge in [0.2, 0.25) is 5.91 Å². The molecule has 0 N–H and O–H groups in total. The molecule has 0 bridgehead atoms. The first kappa shape index (κ1) is 22.1. The van der Waals surface area contributed by atoms with Gasteiger partial charge in [-0.05, 0) is 79.9 Å². The minimum Gasteiger partial charge on any atom is -0.343 e. The lowest BCUT2D eigenvalue weighted by Crippen LogP contribution is -2.46. The van der Waals surface area contributed by atoms with E-state index in [4.69, 9.17) is 0 Å². The Morgan fingerprint density at radius 1 is 1.19 bits per heavy atom. The van der Waals surface area contributed by atoms with Crippen LogP contribution in [0.25, 0.3) is 16.1 Å².